The maximum Gasteiger partial charge on any atom is 0.305 e. The number of hydrogen-bond donors (Lipinski definition) is 0. The molecule has 0 aromatic carbocycles. The molecule has 0 aliphatic heterocycles. The van der Waals surface area contributed by atoms with Gasteiger partial charge in [0.2, 0.25) is 0 Å². The highest BCUT2D eigenvalue weighted by Crippen LogP contribution is 2.12. The van der Waals surface area contributed by atoms with Crippen molar-refractivity contribution >= 4 is 5.97 Å². The highest BCUT2D eigenvalue weighted by molar-refractivity contribution is 5.69. The Kier molecular flexibility index (Phi) is 18.0. The Labute approximate surface area is 163 Å². The minimum absolute atomic E-state index is 0.00734. The zero-order valence-corrected chi connectivity index (χ0v) is 17.8. The molecule has 0 atom stereocenters. The molecule has 0 aliphatic rings. The summed E-state index contributed by atoms with van der Waals surface area (Å²) in [6, 6.07) is 0. The van der Waals surface area contributed by atoms with Crippen molar-refractivity contribution in [2.75, 3.05) is 6.61 Å². The van der Waals surface area contributed by atoms with Crippen LogP contribution in [0.1, 0.15) is 117 Å². The Morgan fingerprint density at radius 1 is 0.577 bits per heavy atom. The molecule has 0 N–H and O–H groups in total. The van der Waals surface area contributed by atoms with Crippen LogP contribution >= 0.6 is 0 Å². The Hall–Kier alpha value is -1.05. The van der Waals surface area contributed by atoms with Crippen LogP contribution < -0.4 is 0 Å². The summed E-state index contributed by atoms with van der Waals surface area (Å²) in [5.41, 5.74) is 2.58. The van der Waals surface area contributed by atoms with Crippen molar-refractivity contribution in [3.8, 4) is 0 Å². The normalized spacial score (nSPS) is 10.7. The van der Waals surface area contributed by atoms with Gasteiger partial charge in [-0.05, 0) is 52.4 Å². The van der Waals surface area contributed by atoms with E-state index in [0.29, 0.717) is 13.0 Å². The smallest absolute Gasteiger partial charge is 0.305 e. The maximum absolute atomic E-state index is 11.7. The largest absolute Gasteiger partial charge is 0.466 e. The van der Waals surface area contributed by atoms with Gasteiger partial charge in [-0.3, -0.25) is 4.79 Å². The van der Waals surface area contributed by atoms with Crippen LogP contribution in [-0.4, -0.2) is 12.6 Å². The highest BCUT2D eigenvalue weighted by atomic mass is 16.5. The van der Waals surface area contributed by atoms with E-state index in [2.05, 4.69) is 27.0 Å². The quantitative estimate of drug-likeness (QED) is 0.132. The van der Waals surface area contributed by atoms with E-state index in [1.165, 1.54) is 81.8 Å². The maximum atomic E-state index is 11.7. The predicted molar refractivity (Wildman–Crippen MR) is 114 cm³/mol. The number of carbonyl (C=O) groups excluding carboxylic acids is 1. The molecule has 26 heavy (non-hydrogen) atoms. The first-order chi connectivity index (χ1) is 12.5. The summed E-state index contributed by atoms with van der Waals surface area (Å²) in [6.45, 7) is 12.7. The molecule has 0 saturated heterocycles. The van der Waals surface area contributed by atoms with Crippen molar-refractivity contribution in [1.82, 2.24) is 0 Å². The van der Waals surface area contributed by atoms with Crippen molar-refractivity contribution < 1.29 is 9.53 Å². The van der Waals surface area contributed by atoms with Gasteiger partial charge in [-0.1, -0.05) is 68.9 Å². The molecule has 0 saturated carbocycles. The molecule has 0 heterocycles. The molecule has 0 spiro atoms. The number of allylic oxidation sites excluding steroid dienone is 2. The fourth-order valence-corrected chi connectivity index (χ4v) is 3.07. The summed E-state index contributed by atoms with van der Waals surface area (Å²) < 4.78 is 5.33. The molecule has 2 heteroatoms. The van der Waals surface area contributed by atoms with Crippen molar-refractivity contribution in [1.29, 1.82) is 0 Å². The third-order valence-electron chi connectivity index (χ3n) is 4.75. The molecule has 0 aliphatic carbocycles. The summed E-state index contributed by atoms with van der Waals surface area (Å²) in [5, 5.41) is 0. The topological polar surface area (TPSA) is 26.3 Å². The monoisotopic (exact) mass is 364 g/mol. The Morgan fingerprint density at radius 3 is 1.35 bits per heavy atom. The lowest BCUT2D eigenvalue weighted by Crippen LogP contribution is -2.05. The molecule has 0 amide bonds. The van der Waals surface area contributed by atoms with Gasteiger partial charge in [-0.2, -0.15) is 0 Å². The molecule has 0 fully saturated rings. The number of unbranched alkanes of at least 4 members (excludes halogenated alkanes) is 11. The standard InChI is InChI=1S/C24H44O2/c1-22(2)18-14-10-6-5-9-13-17-21-26-24(25)20-16-12-8-7-11-15-19-23(3)4/h1,3,5-21H2,2,4H3. The molecule has 0 aromatic heterocycles. The SMILES string of the molecule is C=C(C)CCCCCCCCCOC(=O)CCCCCCCCC(=C)C. The van der Waals surface area contributed by atoms with E-state index in [0.717, 1.165) is 25.7 Å². The number of ether oxygens (including phenoxy) is 1. The van der Waals surface area contributed by atoms with Gasteiger partial charge >= 0.3 is 5.97 Å². The van der Waals surface area contributed by atoms with Crippen molar-refractivity contribution in [2.45, 2.75) is 117 Å². The minimum Gasteiger partial charge on any atom is -0.466 e. The van der Waals surface area contributed by atoms with Crippen molar-refractivity contribution in [3.05, 3.63) is 24.3 Å². The van der Waals surface area contributed by atoms with E-state index in [-0.39, 0.29) is 5.97 Å². The Balaban J connectivity index is 3.20. The van der Waals surface area contributed by atoms with Crippen LogP contribution in [0.3, 0.4) is 0 Å². The molecular weight excluding hydrogens is 320 g/mol. The van der Waals surface area contributed by atoms with E-state index < -0.39 is 0 Å². The molecular formula is C24H44O2. The van der Waals surface area contributed by atoms with Crippen LogP contribution in [0.5, 0.6) is 0 Å². The van der Waals surface area contributed by atoms with Crippen LogP contribution in [0.25, 0.3) is 0 Å². The summed E-state index contributed by atoms with van der Waals surface area (Å²) in [4.78, 5) is 11.7. The average Bonchev–Trinajstić information content (AvgIpc) is 2.58. The van der Waals surface area contributed by atoms with Gasteiger partial charge in [0.1, 0.15) is 0 Å². The predicted octanol–water partition coefficient (Wildman–Crippen LogP) is 7.92. The minimum atomic E-state index is -0.00734. The number of carbonyl (C=O) groups is 1. The molecule has 0 bridgehead atoms. The van der Waals surface area contributed by atoms with Crippen LogP contribution in [0.15, 0.2) is 24.3 Å². The van der Waals surface area contributed by atoms with Gasteiger partial charge in [0.25, 0.3) is 0 Å². The molecule has 0 rings (SSSR count). The first-order valence-corrected chi connectivity index (χ1v) is 11.0. The summed E-state index contributed by atoms with van der Waals surface area (Å²) in [6.07, 6.45) is 18.8. The second kappa shape index (κ2) is 18.7. The van der Waals surface area contributed by atoms with Crippen molar-refractivity contribution in [3.63, 3.8) is 0 Å². The molecule has 0 radical (unpaired) electrons. The van der Waals surface area contributed by atoms with Gasteiger partial charge in [-0.25, -0.2) is 0 Å². The Morgan fingerprint density at radius 2 is 0.923 bits per heavy atom. The lowest BCUT2D eigenvalue weighted by atomic mass is 10.1. The third kappa shape index (κ3) is 21.0. The second-order valence-electron chi connectivity index (χ2n) is 7.98. The third-order valence-corrected chi connectivity index (χ3v) is 4.75. The van der Waals surface area contributed by atoms with Crippen LogP contribution in [0.4, 0.5) is 0 Å². The molecule has 0 unspecified atom stereocenters. The fourth-order valence-electron chi connectivity index (χ4n) is 3.07. The van der Waals surface area contributed by atoms with E-state index in [4.69, 9.17) is 4.74 Å². The molecule has 152 valence electrons. The van der Waals surface area contributed by atoms with Crippen LogP contribution in [0.2, 0.25) is 0 Å². The lowest BCUT2D eigenvalue weighted by molar-refractivity contribution is -0.143. The van der Waals surface area contributed by atoms with Gasteiger partial charge in [0.15, 0.2) is 0 Å². The fraction of sp³-hybridized carbons (Fsp3) is 0.792. The first kappa shape index (κ1) is 24.9. The Bertz CT molecular complexity index is 370. The van der Waals surface area contributed by atoms with E-state index >= 15 is 0 Å². The van der Waals surface area contributed by atoms with Crippen molar-refractivity contribution in [2.24, 2.45) is 0 Å². The van der Waals surface area contributed by atoms with Gasteiger partial charge in [-0.15, -0.1) is 13.2 Å². The molecule has 2 nitrogen and oxygen atoms in total. The van der Waals surface area contributed by atoms with Crippen LogP contribution in [0, 0.1) is 0 Å². The summed E-state index contributed by atoms with van der Waals surface area (Å²) in [5.74, 6) is -0.00734. The van der Waals surface area contributed by atoms with Gasteiger partial charge in [0.05, 0.1) is 6.61 Å². The zero-order chi connectivity index (χ0) is 19.5. The van der Waals surface area contributed by atoms with Gasteiger partial charge in [0, 0.05) is 6.42 Å². The van der Waals surface area contributed by atoms with E-state index in [1.807, 2.05) is 0 Å². The van der Waals surface area contributed by atoms with E-state index in [9.17, 15) is 4.79 Å². The second-order valence-corrected chi connectivity index (χ2v) is 7.98. The van der Waals surface area contributed by atoms with E-state index in [1.54, 1.807) is 0 Å². The highest BCUT2D eigenvalue weighted by Gasteiger charge is 2.02. The van der Waals surface area contributed by atoms with Crippen LogP contribution in [-0.2, 0) is 9.53 Å². The number of hydrogen-bond acceptors (Lipinski definition) is 2. The zero-order valence-electron chi connectivity index (χ0n) is 17.8. The number of esters is 1. The summed E-state index contributed by atoms with van der Waals surface area (Å²) >= 11 is 0. The molecule has 0 aromatic rings. The first-order valence-electron chi connectivity index (χ1n) is 11.0. The van der Waals surface area contributed by atoms with Gasteiger partial charge < -0.3 is 4.74 Å². The number of rotatable bonds is 19. The lowest BCUT2D eigenvalue weighted by Gasteiger charge is -2.05. The summed E-state index contributed by atoms with van der Waals surface area (Å²) in [7, 11) is 0. The average molecular weight is 365 g/mol.